The Balaban J connectivity index is 2.67. The molecule has 0 bridgehead atoms. The summed E-state index contributed by atoms with van der Waals surface area (Å²) in [5.74, 6) is 1.04. The van der Waals surface area contributed by atoms with E-state index < -0.39 is 11.9 Å². The number of nitrogens with one attached hydrogen (secondary N) is 1. The molecule has 1 aliphatic heterocycles. The lowest BCUT2D eigenvalue weighted by Crippen LogP contribution is -2.35. The first-order chi connectivity index (χ1) is 9.60. The van der Waals surface area contributed by atoms with Gasteiger partial charge < -0.3 is 15.5 Å². The van der Waals surface area contributed by atoms with E-state index in [0.29, 0.717) is 21.8 Å². The van der Waals surface area contributed by atoms with Crippen molar-refractivity contribution in [2.75, 3.05) is 7.11 Å². The fraction of sp³-hybridized carbons (Fsp3) is 0.214. The first-order valence-corrected chi connectivity index (χ1v) is 6.28. The summed E-state index contributed by atoms with van der Waals surface area (Å²) in [5.41, 5.74) is 2.02. The van der Waals surface area contributed by atoms with Crippen LogP contribution in [-0.4, -0.2) is 28.9 Å². The van der Waals surface area contributed by atoms with Crippen LogP contribution < -0.4 is 5.32 Å². The minimum Gasteiger partial charge on any atom is -0.763 e. The van der Waals surface area contributed by atoms with Gasteiger partial charge in [-0.25, -0.2) is 4.79 Å². The van der Waals surface area contributed by atoms with Gasteiger partial charge in [0, 0.05) is 23.7 Å². The molecule has 0 aromatic carbocycles. The Morgan fingerprint density at radius 3 is 2.90 bits per heavy atom. The summed E-state index contributed by atoms with van der Waals surface area (Å²) < 4.78 is 4.82. The van der Waals surface area contributed by atoms with E-state index in [1.54, 1.807) is 31.5 Å². The number of methoxy groups -OCH3 is 1. The van der Waals surface area contributed by atoms with Crippen LogP contribution in [0.2, 0.25) is 0 Å². The van der Waals surface area contributed by atoms with Gasteiger partial charge in [-0.15, -0.1) is 0 Å². The third-order valence-corrected chi connectivity index (χ3v) is 3.39. The standard InChI is InChI=1S/C14H12N3O2S/c1-8-11(14(18)19-2)12(9-4-3-5-16-7-9)10(6-15)13(20)17-8/h3-5,7,12H,1-2H3,(H,17,20)/q-1. The van der Waals surface area contributed by atoms with Crippen LogP contribution in [0, 0.1) is 0 Å². The molecule has 0 saturated heterocycles. The van der Waals surface area contributed by atoms with Crippen LogP contribution in [0.3, 0.4) is 0 Å². The van der Waals surface area contributed by atoms with Crippen molar-refractivity contribution >= 4 is 29.0 Å². The molecule has 1 unspecified atom stereocenters. The number of carbonyl (C=O) groups is 1. The molecule has 2 heterocycles. The second kappa shape index (κ2) is 5.77. The molecule has 0 amide bonds. The average molecular weight is 286 g/mol. The van der Waals surface area contributed by atoms with Crippen LogP contribution >= 0.6 is 12.2 Å². The van der Waals surface area contributed by atoms with Gasteiger partial charge in [0.15, 0.2) is 0 Å². The van der Waals surface area contributed by atoms with E-state index in [1.807, 2.05) is 0 Å². The lowest BCUT2D eigenvalue weighted by molar-refractivity contribution is -0.136. The minimum absolute atomic E-state index is 0.319. The summed E-state index contributed by atoms with van der Waals surface area (Å²) in [6.07, 6.45) is 3.25. The molecule has 102 valence electrons. The average Bonchev–Trinajstić information content (AvgIpc) is 2.46. The number of carbonyl (C=O) groups excluding carboxylic acids is 1. The van der Waals surface area contributed by atoms with Crippen LogP contribution in [0.25, 0.3) is 5.41 Å². The Morgan fingerprint density at radius 1 is 1.60 bits per heavy atom. The van der Waals surface area contributed by atoms with Crippen LogP contribution in [0.4, 0.5) is 0 Å². The maximum Gasteiger partial charge on any atom is 0.336 e. The van der Waals surface area contributed by atoms with E-state index >= 15 is 0 Å². The number of hydrogen-bond acceptors (Lipinski definition) is 4. The minimum atomic E-state index is -0.546. The van der Waals surface area contributed by atoms with Gasteiger partial charge in [0.05, 0.1) is 18.6 Å². The van der Waals surface area contributed by atoms with Gasteiger partial charge in [-0.2, -0.15) is 0 Å². The fourth-order valence-corrected chi connectivity index (χ4v) is 2.49. The van der Waals surface area contributed by atoms with E-state index in [-0.39, 0.29) is 0 Å². The zero-order valence-corrected chi connectivity index (χ0v) is 11.8. The second-order valence-electron chi connectivity index (χ2n) is 4.23. The van der Waals surface area contributed by atoms with Crippen LogP contribution in [-0.2, 0) is 9.53 Å². The highest BCUT2D eigenvalue weighted by molar-refractivity contribution is 7.80. The monoisotopic (exact) mass is 286 g/mol. The number of hydrogen-bond donors (Lipinski definition) is 1. The zero-order chi connectivity index (χ0) is 14.7. The molecule has 0 spiro atoms. The summed E-state index contributed by atoms with van der Waals surface area (Å²) in [7, 11) is 1.31. The summed E-state index contributed by atoms with van der Waals surface area (Å²) in [5, 5.41) is 12.2. The number of nitrogens with zero attached hydrogens (tertiary/aromatic N) is 2. The molecule has 0 saturated carbocycles. The Labute approximate surface area is 121 Å². The fourth-order valence-electron chi connectivity index (χ4n) is 2.17. The predicted octanol–water partition coefficient (Wildman–Crippen LogP) is 1.71. The number of thiocarbonyl (C=S) groups is 1. The highest BCUT2D eigenvalue weighted by Crippen LogP contribution is 2.35. The highest BCUT2D eigenvalue weighted by atomic mass is 32.1. The topological polar surface area (TPSA) is 73.5 Å². The SMILES string of the molecule is COC(=O)C1=C(C)NC(=S)C(=C=[N-])C1c1cccnc1. The van der Waals surface area contributed by atoms with Crippen molar-refractivity contribution in [1.29, 1.82) is 0 Å². The molecule has 5 nitrogen and oxygen atoms in total. The second-order valence-corrected chi connectivity index (χ2v) is 4.64. The van der Waals surface area contributed by atoms with Crippen molar-refractivity contribution in [3.63, 3.8) is 0 Å². The van der Waals surface area contributed by atoms with E-state index in [2.05, 4.69) is 16.2 Å². The van der Waals surface area contributed by atoms with Gasteiger partial charge in [-0.1, -0.05) is 18.3 Å². The first kappa shape index (κ1) is 14.1. The highest BCUT2D eigenvalue weighted by Gasteiger charge is 2.34. The molecule has 20 heavy (non-hydrogen) atoms. The van der Waals surface area contributed by atoms with E-state index in [9.17, 15) is 10.2 Å². The summed E-state index contributed by atoms with van der Waals surface area (Å²) in [6.45, 7) is 1.73. The molecule has 0 radical (unpaired) electrons. The smallest absolute Gasteiger partial charge is 0.336 e. The Hall–Kier alpha value is -2.30. The van der Waals surface area contributed by atoms with Crippen LogP contribution in [0.1, 0.15) is 18.4 Å². The van der Waals surface area contributed by atoms with Crippen LogP contribution in [0.15, 0.2) is 41.4 Å². The largest absolute Gasteiger partial charge is 0.763 e. The number of allylic oxidation sites excluding steroid dienone is 1. The predicted molar refractivity (Wildman–Crippen MR) is 79.3 cm³/mol. The molecule has 0 fully saturated rings. The van der Waals surface area contributed by atoms with Crippen molar-refractivity contribution in [2.45, 2.75) is 12.8 Å². The quantitative estimate of drug-likeness (QED) is 0.388. The Morgan fingerprint density at radius 2 is 2.35 bits per heavy atom. The molecule has 1 aromatic rings. The zero-order valence-electron chi connectivity index (χ0n) is 11.0. The maximum atomic E-state index is 12.0. The Kier molecular flexibility index (Phi) is 4.08. The van der Waals surface area contributed by atoms with Gasteiger partial charge in [-0.3, -0.25) is 10.9 Å². The molecule has 2 rings (SSSR count). The van der Waals surface area contributed by atoms with Gasteiger partial charge in [0.1, 0.15) is 4.99 Å². The molecular formula is C14H12N3O2S-. The van der Waals surface area contributed by atoms with Crippen LogP contribution in [0.5, 0.6) is 0 Å². The maximum absolute atomic E-state index is 12.0. The molecular weight excluding hydrogens is 274 g/mol. The number of ether oxygens (including phenoxy) is 1. The number of aromatic nitrogens is 1. The number of pyridine rings is 1. The normalized spacial score (nSPS) is 18.4. The lowest BCUT2D eigenvalue weighted by Gasteiger charge is -2.29. The molecule has 1 aromatic heterocycles. The van der Waals surface area contributed by atoms with E-state index in [4.69, 9.17) is 17.0 Å². The molecule has 1 N–H and O–H groups in total. The summed E-state index contributed by atoms with van der Waals surface area (Å²) in [6, 6.07) is 3.55. The van der Waals surface area contributed by atoms with Crippen molar-refractivity contribution in [1.82, 2.24) is 10.3 Å². The van der Waals surface area contributed by atoms with E-state index in [1.165, 1.54) is 7.11 Å². The number of rotatable bonds is 2. The molecule has 1 aliphatic rings. The lowest BCUT2D eigenvalue weighted by atomic mass is 9.82. The summed E-state index contributed by atoms with van der Waals surface area (Å²) in [4.78, 5) is 16.4. The van der Waals surface area contributed by atoms with Gasteiger partial charge in [-0.05, 0) is 18.6 Å². The number of esters is 1. The third kappa shape index (κ3) is 2.39. The van der Waals surface area contributed by atoms with E-state index in [0.717, 1.165) is 5.56 Å². The Bertz CT molecular complexity index is 646. The van der Waals surface area contributed by atoms with Crippen molar-refractivity contribution < 1.29 is 9.53 Å². The molecule has 1 atom stereocenters. The molecule has 6 heteroatoms. The molecule has 0 aliphatic carbocycles. The van der Waals surface area contributed by atoms with Crippen molar-refractivity contribution in [2.24, 2.45) is 0 Å². The first-order valence-electron chi connectivity index (χ1n) is 5.87. The van der Waals surface area contributed by atoms with Gasteiger partial charge in [0.2, 0.25) is 0 Å². The van der Waals surface area contributed by atoms with Crippen molar-refractivity contribution in [3.05, 3.63) is 52.3 Å². The van der Waals surface area contributed by atoms with Gasteiger partial charge in [0.25, 0.3) is 0 Å². The third-order valence-electron chi connectivity index (χ3n) is 3.07. The summed E-state index contributed by atoms with van der Waals surface area (Å²) >= 11 is 5.18. The van der Waals surface area contributed by atoms with Gasteiger partial charge >= 0.3 is 5.97 Å². The van der Waals surface area contributed by atoms with Crippen molar-refractivity contribution in [3.8, 4) is 0 Å².